The number of ketones is 1. The van der Waals surface area contributed by atoms with Gasteiger partial charge in [0.25, 0.3) is 0 Å². The van der Waals surface area contributed by atoms with Gasteiger partial charge < -0.3 is 29.3 Å². The van der Waals surface area contributed by atoms with Crippen LogP contribution >= 0.6 is 7.82 Å². The zero-order chi connectivity index (χ0) is 23.5. The van der Waals surface area contributed by atoms with Crippen LogP contribution in [0.1, 0.15) is 33.5 Å². The third-order valence-corrected chi connectivity index (χ3v) is 5.42. The van der Waals surface area contributed by atoms with Gasteiger partial charge in [-0.2, -0.15) is 0 Å². The molecule has 0 bridgehead atoms. The van der Waals surface area contributed by atoms with E-state index in [0.717, 1.165) is 23.3 Å². The maximum Gasteiger partial charge on any atom is 1.00 e. The molecule has 3 N–H and O–H groups in total. The van der Waals surface area contributed by atoms with Crippen LogP contribution in [0.5, 0.6) is 28.7 Å². The van der Waals surface area contributed by atoms with E-state index in [2.05, 4.69) is 0 Å². The number of rotatable bonds is 8. The largest absolute Gasteiger partial charge is 1.00 e. The molecule has 168 valence electrons. The van der Waals surface area contributed by atoms with E-state index in [1.807, 2.05) is 19.9 Å². The first kappa shape index (κ1) is 26.8. The Hall–Kier alpha value is -2.48. The number of carbonyl (C=O) groups excluding carboxylic acids is 1. The normalized spacial score (nSPS) is 12.3. The van der Waals surface area contributed by atoms with Gasteiger partial charge in [-0.3, -0.25) is 4.79 Å². The standard InChI is InChI=1S/C23H23O8P.Na/c1-14-9-15(2)11-19(10-14)31-32(28,29)30-18-6-3-16(4-7-18)5-8-20(25)23-21(26)12-17(24)13-22(23)27;/h3-4,6-7,9-13,24,26-27H,5,8H2,1-2H3,(H,28,29);/q;+1/p-1. The Labute approximate surface area is 213 Å². The third-order valence-electron chi connectivity index (χ3n) is 4.55. The zero-order valence-electron chi connectivity index (χ0n) is 18.4. The van der Waals surface area contributed by atoms with Gasteiger partial charge in [0.2, 0.25) is 0 Å². The van der Waals surface area contributed by atoms with Crippen LogP contribution in [0.4, 0.5) is 0 Å². The van der Waals surface area contributed by atoms with Crippen LogP contribution < -0.4 is 43.5 Å². The average molecular weight is 480 g/mol. The summed E-state index contributed by atoms with van der Waals surface area (Å²) in [4.78, 5) is 24.5. The number of Topliss-reactive ketones (excluding diaryl/α,β-unsaturated/α-hetero) is 1. The van der Waals surface area contributed by atoms with Crippen LogP contribution in [0.2, 0.25) is 0 Å². The molecular weight excluding hydrogens is 458 g/mol. The summed E-state index contributed by atoms with van der Waals surface area (Å²) in [6.07, 6.45) is 0.245. The van der Waals surface area contributed by atoms with E-state index >= 15 is 0 Å². The molecule has 3 aromatic carbocycles. The van der Waals surface area contributed by atoms with Gasteiger partial charge in [-0.1, -0.05) is 18.2 Å². The van der Waals surface area contributed by atoms with E-state index in [4.69, 9.17) is 9.05 Å². The monoisotopic (exact) mass is 480 g/mol. The second-order valence-electron chi connectivity index (χ2n) is 7.38. The third kappa shape index (κ3) is 7.52. The van der Waals surface area contributed by atoms with Crippen molar-refractivity contribution in [3.8, 4) is 28.7 Å². The Morgan fingerprint density at radius 2 is 1.39 bits per heavy atom. The van der Waals surface area contributed by atoms with Crippen molar-refractivity contribution in [2.75, 3.05) is 0 Å². The minimum Gasteiger partial charge on any atom is -0.736 e. The van der Waals surface area contributed by atoms with Crippen molar-refractivity contribution in [1.29, 1.82) is 0 Å². The molecule has 0 spiro atoms. The summed E-state index contributed by atoms with van der Waals surface area (Å²) in [6, 6.07) is 13.1. The molecule has 3 aromatic rings. The van der Waals surface area contributed by atoms with E-state index in [1.54, 1.807) is 24.3 Å². The fourth-order valence-electron chi connectivity index (χ4n) is 3.25. The van der Waals surface area contributed by atoms with Crippen molar-refractivity contribution >= 4 is 13.6 Å². The maximum absolute atomic E-state index is 12.3. The van der Waals surface area contributed by atoms with Crippen LogP contribution in [0.15, 0.2) is 54.6 Å². The molecule has 1 unspecified atom stereocenters. The summed E-state index contributed by atoms with van der Waals surface area (Å²) in [7, 11) is -4.66. The van der Waals surface area contributed by atoms with Gasteiger partial charge in [0, 0.05) is 18.6 Å². The molecule has 0 aliphatic rings. The minimum atomic E-state index is -4.66. The number of benzene rings is 3. The number of carbonyl (C=O) groups is 1. The van der Waals surface area contributed by atoms with Crippen molar-refractivity contribution in [3.05, 3.63) is 76.9 Å². The Morgan fingerprint density at radius 3 is 1.94 bits per heavy atom. The predicted molar refractivity (Wildman–Crippen MR) is 115 cm³/mol. The van der Waals surface area contributed by atoms with Gasteiger partial charge in [0.15, 0.2) is 5.78 Å². The molecule has 0 saturated carbocycles. The van der Waals surface area contributed by atoms with E-state index in [-0.39, 0.29) is 65.2 Å². The molecular formula is C23H22NaO8P. The number of phenols is 3. The summed E-state index contributed by atoms with van der Waals surface area (Å²) in [6.45, 7) is 3.65. The van der Waals surface area contributed by atoms with Gasteiger partial charge in [0.1, 0.15) is 34.3 Å². The SMILES string of the molecule is Cc1cc(C)cc(OP(=O)([O-])Oc2ccc(CCC(=O)c3c(O)cc(O)cc3O)cc2)c1.[Na+]. The fourth-order valence-corrected chi connectivity index (χ4v) is 4.03. The quantitative estimate of drug-likeness (QED) is 0.248. The smallest absolute Gasteiger partial charge is 0.736 e. The maximum atomic E-state index is 12.3. The fraction of sp³-hybridized carbons (Fsp3) is 0.174. The van der Waals surface area contributed by atoms with E-state index in [0.29, 0.717) is 5.56 Å². The minimum absolute atomic E-state index is 0. The summed E-state index contributed by atoms with van der Waals surface area (Å²) >= 11 is 0. The van der Waals surface area contributed by atoms with Gasteiger partial charge in [-0.15, -0.1) is 0 Å². The molecule has 3 rings (SSSR count). The van der Waals surface area contributed by atoms with E-state index in [9.17, 15) is 29.6 Å². The van der Waals surface area contributed by atoms with Crippen molar-refractivity contribution in [3.63, 3.8) is 0 Å². The van der Waals surface area contributed by atoms with Crippen molar-refractivity contribution < 1.29 is 68.2 Å². The first-order valence-corrected chi connectivity index (χ1v) is 11.1. The van der Waals surface area contributed by atoms with Gasteiger partial charge in [-0.05, 0) is 61.2 Å². The van der Waals surface area contributed by atoms with Crippen LogP contribution in [0, 0.1) is 13.8 Å². The van der Waals surface area contributed by atoms with Gasteiger partial charge in [-0.25, -0.2) is 4.57 Å². The number of phenolic OH excluding ortho intramolecular Hbond substituents is 3. The van der Waals surface area contributed by atoms with Crippen LogP contribution in [-0.4, -0.2) is 21.1 Å². The Bertz CT molecular complexity index is 1150. The van der Waals surface area contributed by atoms with Crippen LogP contribution in [0.25, 0.3) is 0 Å². The number of aryl methyl sites for hydroxylation is 3. The van der Waals surface area contributed by atoms with Gasteiger partial charge in [0.05, 0.1) is 0 Å². The van der Waals surface area contributed by atoms with E-state index in [1.165, 1.54) is 12.1 Å². The molecule has 0 amide bonds. The summed E-state index contributed by atoms with van der Waals surface area (Å²) < 4.78 is 22.2. The predicted octanol–water partition coefficient (Wildman–Crippen LogP) is 1.17. The molecule has 0 heterocycles. The Kier molecular flexibility index (Phi) is 9.00. The van der Waals surface area contributed by atoms with Crippen LogP contribution in [-0.2, 0) is 11.0 Å². The molecule has 0 aliphatic heterocycles. The molecule has 33 heavy (non-hydrogen) atoms. The molecule has 1 atom stereocenters. The summed E-state index contributed by atoms with van der Waals surface area (Å²) in [5, 5.41) is 28.9. The Morgan fingerprint density at radius 1 is 0.879 bits per heavy atom. The molecule has 10 heteroatoms. The number of hydrogen-bond acceptors (Lipinski definition) is 8. The Balaban J connectivity index is 0.00000385. The van der Waals surface area contributed by atoms with Crippen molar-refractivity contribution in [2.45, 2.75) is 26.7 Å². The first-order chi connectivity index (χ1) is 15.0. The molecule has 0 fully saturated rings. The second kappa shape index (κ2) is 11.1. The topological polar surface area (TPSA) is 136 Å². The molecule has 0 aliphatic carbocycles. The van der Waals surface area contributed by atoms with Crippen molar-refractivity contribution in [2.24, 2.45) is 0 Å². The first-order valence-electron chi connectivity index (χ1n) is 9.68. The molecule has 0 saturated heterocycles. The zero-order valence-corrected chi connectivity index (χ0v) is 21.3. The number of phosphoric acid groups is 1. The summed E-state index contributed by atoms with van der Waals surface area (Å²) in [5.41, 5.74) is 2.15. The number of phosphoric ester groups is 1. The molecule has 8 nitrogen and oxygen atoms in total. The average Bonchev–Trinajstić information content (AvgIpc) is 2.65. The summed E-state index contributed by atoms with van der Waals surface area (Å²) in [5.74, 6) is -1.67. The van der Waals surface area contributed by atoms with Crippen LogP contribution in [0.3, 0.4) is 0 Å². The van der Waals surface area contributed by atoms with E-state index < -0.39 is 25.1 Å². The molecule has 0 aromatic heterocycles. The number of hydrogen-bond donors (Lipinski definition) is 3. The second-order valence-corrected chi connectivity index (χ2v) is 8.64. The number of aromatic hydroxyl groups is 3. The molecule has 0 radical (unpaired) electrons. The van der Waals surface area contributed by atoms with Crippen molar-refractivity contribution in [1.82, 2.24) is 0 Å². The van der Waals surface area contributed by atoms with Gasteiger partial charge >= 0.3 is 37.4 Å².